The van der Waals surface area contributed by atoms with Gasteiger partial charge in [-0.15, -0.1) is 0 Å². The fraction of sp³-hybridized carbons (Fsp3) is 0.350. The van der Waals surface area contributed by atoms with Gasteiger partial charge in [0.2, 0.25) is 5.91 Å². The van der Waals surface area contributed by atoms with Crippen molar-refractivity contribution < 1.29 is 9.53 Å². The van der Waals surface area contributed by atoms with Gasteiger partial charge in [-0.1, -0.05) is 36.4 Å². The maximum atomic E-state index is 12.4. The van der Waals surface area contributed by atoms with Crippen molar-refractivity contribution in [3.63, 3.8) is 0 Å². The van der Waals surface area contributed by atoms with E-state index in [0.717, 1.165) is 30.6 Å². The number of fused-ring (bicyclic) bond motifs is 2. The van der Waals surface area contributed by atoms with Crippen LogP contribution in [0.1, 0.15) is 30.9 Å². The first-order valence-corrected chi connectivity index (χ1v) is 8.39. The number of amides is 1. The van der Waals surface area contributed by atoms with E-state index in [1.165, 1.54) is 11.1 Å². The van der Waals surface area contributed by atoms with E-state index in [2.05, 4.69) is 29.6 Å². The van der Waals surface area contributed by atoms with E-state index in [4.69, 9.17) is 4.74 Å². The van der Waals surface area contributed by atoms with Gasteiger partial charge < -0.3 is 10.1 Å². The van der Waals surface area contributed by atoms with E-state index in [0.29, 0.717) is 12.5 Å². The summed E-state index contributed by atoms with van der Waals surface area (Å²) in [5.41, 5.74) is 3.49. The van der Waals surface area contributed by atoms with Crippen molar-refractivity contribution in [1.29, 1.82) is 0 Å². The number of nitrogens with one attached hydrogen (secondary N) is 1. The van der Waals surface area contributed by atoms with Gasteiger partial charge in [-0.25, -0.2) is 0 Å². The molecule has 116 valence electrons. The summed E-state index contributed by atoms with van der Waals surface area (Å²) >= 11 is 0. The van der Waals surface area contributed by atoms with Crippen LogP contribution in [0.25, 0.3) is 11.1 Å². The monoisotopic (exact) mass is 305 g/mol. The molecule has 3 aliphatic rings. The van der Waals surface area contributed by atoms with Gasteiger partial charge in [-0.05, 0) is 42.0 Å². The van der Waals surface area contributed by atoms with Gasteiger partial charge in [-0.3, -0.25) is 4.79 Å². The molecule has 1 N–H and O–H groups in total. The predicted molar refractivity (Wildman–Crippen MR) is 88.0 cm³/mol. The molecule has 1 amide bonds. The van der Waals surface area contributed by atoms with Crippen molar-refractivity contribution in [2.24, 2.45) is 11.3 Å². The first kappa shape index (κ1) is 13.2. The molecule has 0 radical (unpaired) electrons. The lowest BCUT2D eigenvalue weighted by molar-refractivity contribution is -0.125. The van der Waals surface area contributed by atoms with E-state index in [9.17, 15) is 4.79 Å². The Morgan fingerprint density at radius 2 is 1.87 bits per heavy atom. The zero-order valence-electron chi connectivity index (χ0n) is 12.9. The van der Waals surface area contributed by atoms with Gasteiger partial charge in [0.1, 0.15) is 5.75 Å². The first-order chi connectivity index (χ1) is 11.3. The minimum atomic E-state index is 0.0233. The Morgan fingerprint density at radius 3 is 2.61 bits per heavy atom. The second-order valence-electron chi connectivity index (χ2n) is 7.04. The SMILES string of the molecule is O=C(NC1CCOc2ccc(-c3ccccc3)cc21)C12CC1C2. The smallest absolute Gasteiger partial charge is 0.227 e. The van der Waals surface area contributed by atoms with Crippen LogP contribution < -0.4 is 10.1 Å². The highest BCUT2D eigenvalue weighted by atomic mass is 16.5. The Kier molecular flexibility index (Phi) is 2.64. The molecule has 2 fully saturated rings. The van der Waals surface area contributed by atoms with Gasteiger partial charge in [0, 0.05) is 12.0 Å². The molecule has 23 heavy (non-hydrogen) atoms. The molecule has 3 heteroatoms. The maximum Gasteiger partial charge on any atom is 0.227 e. The molecule has 0 bridgehead atoms. The number of ether oxygens (including phenoxy) is 1. The predicted octanol–water partition coefficient (Wildman–Crippen LogP) is 3.70. The lowest BCUT2D eigenvalue weighted by Crippen LogP contribution is -2.34. The van der Waals surface area contributed by atoms with E-state index < -0.39 is 0 Å². The number of rotatable bonds is 3. The molecule has 1 heterocycles. The molecule has 2 aromatic rings. The summed E-state index contributed by atoms with van der Waals surface area (Å²) in [6.07, 6.45) is 3.04. The molecule has 1 atom stereocenters. The summed E-state index contributed by atoms with van der Waals surface area (Å²) in [5.74, 6) is 1.84. The van der Waals surface area contributed by atoms with Crippen LogP contribution in [0, 0.1) is 11.3 Å². The zero-order chi connectivity index (χ0) is 15.4. The first-order valence-electron chi connectivity index (χ1n) is 8.39. The van der Waals surface area contributed by atoms with Crippen molar-refractivity contribution in [2.75, 3.05) is 6.61 Å². The van der Waals surface area contributed by atoms with Gasteiger partial charge in [0.15, 0.2) is 0 Å². The third-order valence-electron chi connectivity index (χ3n) is 5.60. The van der Waals surface area contributed by atoms with Gasteiger partial charge >= 0.3 is 0 Å². The fourth-order valence-electron chi connectivity index (χ4n) is 3.73. The van der Waals surface area contributed by atoms with Gasteiger partial charge in [0.25, 0.3) is 0 Å². The molecule has 1 unspecified atom stereocenters. The highest BCUT2D eigenvalue weighted by Gasteiger charge is 2.74. The maximum absolute atomic E-state index is 12.4. The van der Waals surface area contributed by atoms with Crippen molar-refractivity contribution in [2.45, 2.75) is 25.3 Å². The topological polar surface area (TPSA) is 38.3 Å². The van der Waals surface area contributed by atoms with Crippen LogP contribution >= 0.6 is 0 Å². The molecule has 1 aliphatic heterocycles. The summed E-state index contributed by atoms with van der Waals surface area (Å²) in [4.78, 5) is 12.4. The molecular weight excluding hydrogens is 286 g/mol. The van der Waals surface area contributed by atoms with E-state index >= 15 is 0 Å². The summed E-state index contributed by atoms with van der Waals surface area (Å²) in [7, 11) is 0. The zero-order valence-corrected chi connectivity index (χ0v) is 12.9. The van der Waals surface area contributed by atoms with E-state index in [1.807, 2.05) is 24.3 Å². The second-order valence-corrected chi connectivity index (χ2v) is 7.04. The Balaban J connectivity index is 1.46. The lowest BCUT2D eigenvalue weighted by atomic mass is 9.95. The van der Waals surface area contributed by atoms with Crippen LogP contribution in [0.3, 0.4) is 0 Å². The Labute approximate surface area is 135 Å². The largest absolute Gasteiger partial charge is 0.493 e. The molecular formula is C20H19NO2. The number of carbonyl (C=O) groups is 1. The molecule has 2 saturated carbocycles. The summed E-state index contributed by atoms with van der Waals surface area (Å²) in [6, 6.07) is 16.7. The average molecular weight is 305 g/mol. The molecule has 0 spiro atoms. The summed E-state index contributed by atoms with van der Waals surface area (Å²) in [5, 5.41) is 3.28. The Hall–Kier alpha value is -2.29. The van der Waals surface area contributed by atoms with Gasteiger partial charge in [0.05, 0.1) is 18.1 Å². The second kappa shape index (κ2) is 4.60. The van der Waals surface area contributed by atoms with Gasteiger partial charge in [-0.2, -0.15) is 0 Å². The normalized spacial score (nSPS) is 29.7. The standard InChI is InChI=1S/C20H19NO2/c22-19(20-11-15(20)12-20)21-17-8-9-23-18-7-6-14(10-16(17)18)13-4-2-1-3-5-13/h1-7,10,15,17H,8-9,11-12H2,(H,21,22). The fourth-order valence-corrected chi connectivity index (χ4v) is 3.73. The minimum absolute atomic E-state index is 0.0233. The minimum Gasteiger partial charge on any atom is -0.493 e. The van der Waals surface area contributed by atoms with Crippen LogP contribution in [-0.2, 0) is 4.79 Å². The van der Waals surface area contributed by atoms with Crippen molar-refractivity contribution in [3.8, 4) is 16.9 Å². The number of hydrogen-bond donors (Lipinski definition) is 1. The van der Waals surface area contributed by atoms with E-state index in [1.54, 1.807) is 0 Å². The Bertz CT molecular complexity index is 777. The van der Waals surface area contributed by atoms with Crippen LogP contribution in [0.2, 0.25) is 0 Å². The van der Waals surface area contributed by atoms with E-state index in [-0.39, 0.29) is 17.4 Å². The van der Waals surface area contributed by atoms with Crippen LogP contribution in [0.4, 0.5) is 0 Å². The van der Waals surface area contributed by atoms with Crippen LogP contribution in [-0.4, -0.2) is 12.5 Å². The quantitative estimate of drug-likeness (QED) is 0.939. The summed E-state index contributed by atoms with van der Waals surface area (Å²) in [6.45, 7) is 0.666. The highest BCUT2D eigenvalue weighted by Crippen LogP contribution is 2.75. The molecule has 2 aliphatic carbocycles. The molecule has 0 aromatic heterocycles. The average Bonchev–Trinajstić information content (AvgIpc) is 3.46. The number of benzene rings is 2. The lowest BCUT2D eigenvalue weighted by Gasteiger charge is -2.28. The molecule has 3 nitrogen and oxygen atoms in total. The summed E-state index contributed by atoms with van der Waals surface area (Å²) < 4.78 is 5.79. The van der Waals surface area contributed by atoms with Crippen molar-refractivity contribution >= 4 is 5.91 Å². The number of hydrogen-bond acceptors (Lipinski definition) is 2. The van der Waals surface area contributed by atoms with Crippen LogP contribution in [0.5, 0.6) is 5.75 Å². The molecule has 5 rings (SSSR count). The third-order valence-corrected chi connectivity index (χ3v) is 5.60. The van der Waals surface area contributed by atoms with Crippen molar-refractivity contribution in [1.82, 2.24) is 5.32 Å². The van der Waals surface area contributed by atoms with Crippen LogP contribution in [0.15, 0.2) is 48.5 Å². The number of carbonyl (C=O) groups excluding carboxylic acids is 1. The molecule has 2 aromatic carbocycles. The highest BCUT2D eigenvalue weighted by molar-refractivity contribution is 5.90. The Morgan fingerprint density at radius 1 is 1.09 bits per heavy atom. The molecule has 0 saturated heterocycles. The van der Waals surface area contributed by atoms with Crippen molar-refractivity contribution in [3.05, 3.63) is 54.1 Å². The third kappa shape index (κ3) is 2.07.